The van der Waals surface area contributed by atoms with Gasteiger partial charge in [-0.3, -0.25) is 4.79 Å². The van der Waals surface area contributed by atoms with Gasteiger partial charge in [-0.25, -0.2) is 0 Å². The fraction of sp³-hybridized carbons (Fsp3) is 0.588. The van der Waals surface area contributed by atoms with Crippen LogP contribution in [-0.2, 0) is 4.79 Å². The van der Waals surface area contributed by atoms with Gasteiger partial charge in [-0.2, -0.15) is 0 Å². The number of carbonyl (C=O) groups excluding carboxylic acids is 1. The Balaban J connectivity index is 0.00000144. The molecule has 2 aliphatic rings. The van der Waals surface area contributed by atoms with Gasteiger partial charge in [-0.15, -0.1) is 24.8 Å². The molecule has 1 saturated carbocycles. The first-order chi connectivity index (χ1) is 10.6. The van der Waals surface area contributed by atoms with Gasteiger partial charge in [0.25, 0.3) is 0 Å². The summed E-state index contributed by atoms with van der Waals surface area (Å²) >= 11 is 3.60. The van der Waals surface area contributed by atoms with E-state index in [1.807, 2.05) is 6.07 Å². The maximum Gasteiger partial charge on any atom is 0.223 e. The first kappa shape index (κ1) is 21.6. The number of nitrogens with zero attached hydrogens (tertiary/aromatic N) is 1. The number of carbonyl (C=O) groups is 1. The zero-order valence-corrected chi connectivity index (χ0v) is 16.8. The van der Waals surface area contributed by atoms with Crippen LogP contribution in [0.5, 0.6) is 0 Å². The zero-order chi connectivity index (χ0) is 15.5. The molecule has 3 atom stereocenters. The highest BCUT2D eigenvalue weighted by molar-refractivity contribution is 9.10. The maximum absolute atomic E-state index is 12.4. The maximum atomic E-state index is 12.4. The van der Waals surface area contributed by atoms with Gasteiger partial charge in [0.15, 0.2) is 0 Å². The normalized spacial score (nSPS) is 26.2. The minimum Gasteiger partial charge on any atom is -0.368 e. The van der Waals surface area contributed by atoms with Crippen molar-refractivity contribution in [3.05, 3.63) is 28.7 Å². The molecule has 3 rings (SSSR count). The van der Waals surface area contributed by atoms with Crippen LogP contribution < -0.4 is 16.0 Å². The van der Waals surface area contributed by atoms with Gasteiger partial charge in [-0.1, -0.05) is 18.6 Å². The summed E-state index contributed by atoms with van der Waals surface area (Å²) in [7, 11) is 0. The predicted octanol–water partition coefficient (Wildman–Crippen LogP) is 3.51. The van der Waals surface area contributed by atoms with Crippen LogP contribution in [0.25, 0.3) is 0 Å². The number of rotatable bonds is 3. The van der Waals surface area contributed by atoms with Crippen LogP contribution in [0.15, 0.2) is 28.7 Å². The van der Waals surface area contributed by atoms with Crippen molar-refractivity contribution in [2.45, 2.75) is 44.2 Å². The molecule has 1 saturated heterocycles. The number of halogens is 3. The number of para-hydroxylation sites is 1. The molecule has 1 aromatic rings. The fourth-order valence-electron chi connectivity index (χ4n) is 3.59. The molecule has 1 aliphatic carbocycles. The third-order valence-electron chi connectivity index (χ3n) is 4.81. The van der Waals surface area contributed by atoms with Crippen molar-refractivity contribution in [3.8, 4) is 0 Å². The van der Waals surface area contributed by atoms with Gasteiger partial charge >= 0.3 is 0 Å². The summed E-state index contributed by atoms with van der Waals surface area (Å²) in [5.74, 6) is 0.315. The van der Waals surface area contributed by atoms with Gasteiger partial charge in [0.2, 0.25) is 5.91 Å². The van der Waals surface area contributed by atoms with E-state index in [1.54, 1.807) is 0 Å². The van der Waals surface area contributed by atoms with Crippen molar-refractivity contribution in [2.75, 3.05) is 18.0 Å². The molecule has 1 aliphatic heterocycles. The standard InChI is InChI=1S/C17H24BrN3O.2ClH/c18-15-6-1-2-7-16(15)21-9-8-14(11-21)20-17(22)12-4-3-5-13(19)10-12;;/h1-2,6-7,12-14H,3-5,8-11,19H2,(H,20,22);2*1H. The molecule has 7 heteroatoms. The Labute approximate surface area is 164 Å². The number of hydrogen-bond acceptors (Lipinski definition) is 3. The Hall–Kier alpha value is -0.490. The Morgan fingerprint density at radius 1 is 1.21 bits per heavy atom. The SMILES string of the molecule is Cl.Cl.NC1CCCC(C(=O)NC2CCN(c3ccccc3Br)C2)C1. The molecule has 4 nitrogen and oxygen atoms in total. The molecule has 3 N–H and O–H groups in total. The second-order valence-corrected chi connectivity index (χ2v) is 7.37. The van der Waals surface area contributed by atoms with Crippen LogP contribution in [0.2, 0.25) is 0 Å². The van der Waals surface area contributed by atoms with E-state index in [1.165, 1.54) is 5.69 Å². The van der Waals surface area contributed by atoms with Crippen molar-refractivity contribution in [1.29, 1.82) is 0 Å². The van der Waals surface area contributed by atoms with Gasteiger partial charge in [0.05, 0.1) is 5.69 Å². The highest BCUT2D eigenvalue weighted by Crippen LogP contribution is 2.29. The predicted molar refractivity (Wildman–Crippen MR) is 107 cm³/mol. The van der Waals surface area contributed by atoms with Gasteiger partial charge in [0, 0.05) is 35.6 Å². The summed E-state index contributed by atoms with van der Waals surface area (Å²) in [6.45, 7) is 1.87. The van der Waals surface area contributed by atoms with Crippen molar-refractivity contribution >= 4 is 52.3 Å². The van der Waals surface area contributed by atoms with Crippen LogP contribution in [-0.4, -0.2) is 31.1 Å². The van der Waals surface area contributed by atoms with Crippen LogP contribution in [0.1, 0.15) is 32.1 Å². The molecule has 0 aromatic heterocycles. The van der Waals surface area contributed by atoms with E-state index in [4.69, 9.17) is 5.73 Å². The smallest absolute Gasteiger partial charge is 0.223 e. The van der Waals surface area contributed by atoms with Crippen molar-refractivity contribution in [1.82, 2.24) is 5.32 Å². The second-order valence-electron chi connectivity index (χ2n) is 6.52. The molecule has 0 spiro atoms. The van der Waals surface area contributed by atoms with Crippen LogP contribution in [0, 0.1) is 5.92 Å². The van der Waals surface area contributed by atoms with Gasteiger partial charge in [0.1, 0.15) is 0 Å². The molecule has 1 aromatic carbocycles. The molecule has 3 unspecified atom stereocenters. The van der Waals surface area contributed by atoms with Crippen molar-refractivity contribution in [2.24, 2.45) is 11.7 Å². The number of nitrogens with two attached hydrogens (primary N) is 1. The van der Waals surface area contributed by atoms with Gasteiger partial charge in [-0.05, 0) is 53.7 Å². The summed E-state index contributed by atoms with van der Waals surface area (Å²) in [4.78, 5) is 14.8. The van der Waals surface area contributed by atoms with E-state index in [0.29, 0.717) is 0 Å². The van der Waals surface area contributed by atoms with Crippen LogP contribution in [0.3, 0.4) is 0 Å². The molecule has 1 heterocycles. The lowest BCUT2D eigenvalue weighted by Gasteiger charge is -2.27. The average Bonchev–Trinajstić information content (AvgIpc) is 2.96. The lowest BCUT2D eigenvalue weighted by atomic mass is 9.85. The lowest BCUT2D eigenvalue weighted by molar-refractivity contribution is -0.126. The third kappa shape index (κ3) is 5.25. The lowest BCUT2D eigenvalue weighted by Crippen LogP contribution is -2.43. The summed E-state index contributed by atoms with van der Waals surface area (Å²) < 4.78 is 1.11. The first-order valence-corrected chi connectivity index (χ1v) is 8.98. The summed E-state index contributed by atoms with van der Waals surface area (Å²) in [6.07, 6.45) is 4.97. The minimum absolute atomic E-state index is 0. The minimum atomic E-state index is 0. The van der Waals surface area contributed by atoms with Gasteiger partial charge < -0.3 is 16.0 Å². The van der Waals surface area contributed by atoms with Crippen molar-refractivity contribution < 1.29 is 4.79 Å². The van der Waals surface area contributed by atoms with E-state index < -0.39 is 0 Å². The summed E-state index contributed by atoms with van der Waals surface area (Å²) in [6, 6.07) is 8.70. The molecular weight excluding hydrogens is 413 g/mol. The second kappa shape index (κ2) is 9.85. The largest absolute Gasteiger partial charge is 0.368 e. The quantitative estimate of drug-likeness (QED) is 0.758. The van der Waals surface area contributed by atoms with Crippen LogP contribution >= 0.6 is 40.7 Å². The molecule has 0 radical (unpaired) electrons. The third-order valence-corrected chi connectivity index (χ3v) is 5.48. The Bertz CT molecular complexity index is 546. The topological polar surface area (TPSA) is 58.4 Å². The monoisotopic (exact) mass is 437 g/mol. The highest BCUT2D eigenvalue weighted by atomic mass is 79.9. The van der Waals surface area contributed by atoms with E-state index in [-0.39, 0.29) is 48.7 Å². The van der Waals surface area contributed by atoms with Crippen molar-refractivity contribution in [3.63, 3.8) is 0 Å². The van der Waals surface area contributed by atoms with Crippen LogP contribution in [0.4, 0.5) is 5.69 Å². The number of anilines is 1. The number of hydrogen-bond donors (Lipinski definition) is 2. The summed E-state index contributed by atoms with van der Waals surface area (Å²) in [5, 5.41) is 3.24. The first-order valence-electron chi connectivity index (χ1n) is 8.19. The Kier molecular flexibility index (Phi) is 8.85. The summed E-state index contributed by atoms with van der Waals surface area (Å²) in [5.41, 5.74) is 7.20. The molecule has 1 amide bonds. The fourth-order valence-corrected chi connectivity index (χ4v) is 4.13. The van der Waals surface area contributed by atoms with E-state index in [0.717, 1.165) is 49.7 Å². The molecule has 2 fully saturated rings. The molecule has 136 valence electrons. The number of nitrogens with one attached hydrogen (secondary N) is 1. The molecular formula is C17H26BrCl2N3O. The number of amides is 1. The zero-order valence-electron chi connectivity index (χ0n) is 13.6. The highest BCUT2D eigenvalue weighted by Gasteiger charge is 2.30. The Morgan fingerprint density at radius 2 is 1.96 bits per heavy atom. The average molecular weight is 439 g/mol. The van der Waals surface area contributed by atoms with E-state index in [2.05, 4.69) is 44.3 Å². The molecule has 0 bridgehead atoms. The van der Waals surface area contributed by atoms with E-state index >= 15 is 0 Å². The Morgan fingerprint density at radius 3 is 2.67 bits per heavy atom. The van der Waals surface area contributed by atoms with E-state index in [9.17, 15) is 4.79 Å². The number of benzene rings is 1. The molecule has 24 heavy (non-hydrogen) atoms.